The Hall–Kier alpha value is -1.47. The van der Waals surface area contributed by atoms with Gasteiger partial charge in [-0.15, -0.1) is 0 Å². The number of aromatic nitrogens is 2. The summed E-state index contributed by atoms with van der Waals surface area (Å²) < 4.78 is 19.1. The van der Waals surface area contributed by atoms with Crippen LogP contribution in [0.3, 0.4) is 0 Å². The Balaban J connectivity index is 2.39. The van der Waals surface area contributed by atoms with Crippen molar-refractivity contribution in [1.82, 2.24) is 9.97 Å². The number of nitrogens with zero attached hydrogens (tertiary/aromatic N) is 2. The molecule has 0 spiro atoms. The molecule has 1 aromatic heterocycles. The number of methoxy groups -OCH3 is 1. The highest BCUT2D eigenvalue weighted by molar-refractivity contribution is 8.76. The van der Waals surface area contributed by atoms with Crippen LogP contribution in [-0.4, -0.2) is 28.4 Å². The SMILES string of the molecule is COc1cc(-c2cc(O)c(CSSC)cc2F)ncn1. The molecular weight excluding hydrogens is 299 g/mol. The summed E-state index contributed by atoms with van der Waals surface area (Å²) >= 11 is 0. The van der Waals surface area contributed by atoms with E-state index in [9.17, 15) is 9.50 Å². The van der Waals surface area contributed by atoms with Gasteiger partial charge in [0.15, 0.2) is 0 Å². The molecule has 7 heteroatoms. The minimum absolute atomic E-state index is 0.0560. The average Bonchev–Trinajstić information content (AvgIpc) is 2.47. The van der Waals surface area contributed by atoms with Crippen molar-refractivity contribution >= 4 is 21.6 Å². The van der Waals surface area contributed by atoms with Crippen LogP contribution in [0.4, 0.5) is 4.39 Å². The number of phenolic OH excluding ortho intramolecular Hbond substituents is 1. The molecular formula is C13H13FN2O2S2. The van der Waals surface area contributed by atoms with Gasteiger partial charge >= 0.3 is 0 Å². The van der Waals surface area contributed by atoms with E-state index in [1.54, 1.807) is 10.8 Å². The van der Waals surface area contributed by atoms with Crippen molar-refractivity contribution in [2.24, 2.45) is 0 Å². The van der Waals surface area contributed by atoms with Gasteiger partial charge in [-0.3, -0.25) is 0 Å². The summed E-state index contributed by atoms with van der Waals surface area (Å²) in [6.07, 6.45) is 3.22. The lowest BCUT2D eigenvalue weighted by atomic mass is 10.1. The van der Waals surface area contributed by atoms with E-state index in [2.05, 4.69) is 9.97 Å². The Morgan fingerprint density at radius 1 is 1.30 bits per heavy atom. The van der Waals surface area contributed by atoms with E-state index in [0.29, 0.717) is 22.9 Å². The number of rotatable bonds is 5. The smallest absolute Gasteiger partial charge is 0.216 e. The van der Waals surface area contributed by atoms with Gasteiger partial charge in [0.2, 0.25) is 5.88 Å². The maximum atomic E-state index is 14.2. The van der Waals surface area contributed by atoms with Gasteiger partial charge in [-0.2, -0.15) is 0 Å². The molecule has 0 aliphatic carbocycles. The molecule has 106 valence electrons. The molecule has 1 N–H and O–H groups in total. The molecule has 4 nitrogen and oxygen atoms in total. The summed E-state index contributed by atoms with van der Waals surface area (Å²) in [4.78, 5) is 7.87. The number of ether oxygens (including phenoxy) is 1. The van der Waals surface area contributed by atoms with Crippen LogP contribution in [0.15, 0.2) is 24.5 Å². The Kier molecular flexibility index (Phi) is 5.08. The van der Waals surface area contributed by atoms with Crippen molar-refractivity contribution in [2.75, 3.05) is 13.4 Å². The van der Waals surface area contributed by atoms with Gasteiger partial charge in [-0.25, -0.2) is 14.4 Å². The first-order chi connectivity index (χ1) is 9.65. The number of hydrogen-bond donors (Lipinski definition) is 1. The standard InChI is InChI=1S/C13H13FN2O2S2/c1-18-13-5-11(15-7-16-13)9-4-12(17)8(3-10(9)14)6-20-19-2/h3-5,7,17H,6H2,1-2H3. The summed E-state index contributed by atoms with van der Waals surface area (Å²) in [7, 11) is 4.57. The summed E-state index contributed by atoms with van der Waals surface area (Å²) in [5, 5.41) is 9.97. The van der Waals surface area contributed by atoms with E-state index in [1.165, 1.54) is 42.4 Å². The van der Waals surface area contributed by atoms with Crippen LogP contribution in [0.5, 0.6) is 11.6 Å². The van der Waals surface area contributed by atoms with Crippen molar-refractivity contribution in [2.45, 2.75) is 5.75 Å². The molecule has 20 heavy (non-hydrogen) atoms. The Morgan fingerprint density at radius 3 is 2.80 bits per heavy atom. The molecule has 0 aliphatic heterocycles. The largest absolute Gasteiger partial charge is 0.508 e. The number of phenols is 1. The fourth-order valence-corrected chi connectivity index (χ4v) is 2.85. The lowest BCUT2D eigenvalue weighted by Gasteiger charge is -2.08. The molecule has 1 heterocycles. The minimum atomic E-state index is -0.430. The Morgan fingerprint density at radius 2 is 2.10 bits per heavy atom. The van der Waals surface area contributed by atoms with E-state index in [0.717, 1.165) is 0 Å². The first-order valence-electron chi connectivity index (χ1n) is 5.69. The van der Waals surface area contributed by atoms with Crippen LogP contribution in [0.2, 0.25) is 0 Å². The van der Waals surface area contributed by atoms with Crippen molar-refractivity contribution in [3.8, 4) is 22.9 Å². The van der Waals surface area contributed by atoms with E-state index in [4.69, 9.17) is 4.74 Å². The molecule has 0 atom stereocenters. The highest BCUT2D eigenvalue weighted by atomic mass is 33.1. The van der Waals surface area contributed by atoms with E-state index >= 15 is 0 Å². The van der Waals surface area contributed by atoms with Gasteiger partial charge < -0.3 is 9.84 Å². The fraction of sp³-hybridized carbons (Fsp3) is 0.231. The molecule has 0 saturated heterocycles. The zero-order valence-electron chi connectivity index (χ0n) is 11.0. The van der Waals surface area contributed by atoms with Gasteiger partial charge in [0, 0.05) is 22.9 Å². The number of aromatic hydroxyl groups is 1. The number of halogens is 1. The van der Waals surface area contributed by atoms with E-state index in [1.807, 2.05) is 6.26 Å². The Labute approximate surface area is 124 Å². The van der Waals surface area contributed by atoms with Gasteiger partial charge in [-0.05, 0) is 18.4 Å². The second-order valence-electron chi connectivity index (χ2n) is 3.84. The van der Waals surface area contributed by atoms with Crippen molar-refractivity contribution in [3.05, 3.63) is 35.9 Å². The zero-order valence-corrected chi connectivity index (χ0v) is 12.6. The predicted molar refractivity (Wildman–Crippen MR) is 80.5 cm³/mol. The second-order valence-corrected chi connectivity index (χ2v) is 6.40. The highest BCUT2D eigenvalue weighted by Crippen LogP contribution is 2.33. The van der Waals surface area contributed by atoms with Crippen molar-refractivity contribution in [1.29, 1.82) is 0 Å². The van der Waals surface area contributed by atoms with E-state index in [-0.39, 0.29) is 11.3 Å². The predicted octanol–water partition coefficient (Wildman–Crippen LogP) is 3.51. The van der Waals surface area contributed by atoms with Crippen LogP contribution in [0, 0.1) is 5.82 Å². The molecule has 0 radical (unpaired) electrons. The first-order valence-corrected chi connectivity index (χ1v) is 8.41. The van der Waals surface area contributed by atoms with Crippen LogP contribution < -0.4 is 4.74 Å². The van der Waals surface area contributed by atoms with Crippen molar-refractivity contribution < 1.29 is 14.2 Å². The van der Waals surface area contributed by atoms with Crippen molar-refractivity contribution in [3.63, 3.8) is 0 Å². The third-order valence-electron chi connectivity index (χ3n) is 2.63. The molecule has 0 saturated carbocycles. The lowest BCUT2D eigenvalue weighted by molar-refractivity contribution is 0.397. The monoisotopic (exact) mass is 312 g/mol. The molecule has 0 aliphatic rings. The average molecular weight is 312 g/mol. The lowest BCUT2D eigenvalue weighted by Crippen LogP contribution is -1.94. The second kappa shape index (κ2) is 6.81. The van der Waals surface area contributed by atoms with Crippen LogP contribution in [0.1, 0.15) is 5.56 Å². The van der Waals surface area contributed by atoms with Gasteiger partial charge in [-0.1, -0.05) is 21.6 Å². The number of benzene rings is 1. The quantitative estimate of drug-likeness (QED) is 0.853. The summed E-state index contributed by atoms with van der Waals surface area (Å²) in [5.74, 6) is 0.508. The van der Waals surface area contributed by atoms with E-state index < -0.39 is 5.82 Å². The molecule has 0 fully saturated rings. The molecule has 2 rings (SSSR count). The summed E-state index contributed by atoms with van der Waals surface area (Å²) in [5.41, 5.74) is 1.15. The fourth-order valence-electron chi connectivity index (χ4n) is 1.64. The highest BCUT2D eigenvalue weighted by Gasteiger charge is 2.13. The van der Waals surface area contributed by atoms with Crippen LogP contribution >= 0.6 is 21.6 Å². The molecule has 1 aromatic carbocycles. The van der Waals surface area contributed by atoms with Gasteiger partial charge in [0.1, 0.15) is 17.9 Å². The Bertz CT molecular complexity index is 611. The molecule has 0 bridgehead atoms. The number of hydrogen-bond acceptors (Lipinski definition) is 6. The molecule has 2 aromatic rings. The molecule has 0 unspecified atom stereocenters. The summed E-state index contributed by atoms with van der Waals surface area (Å²) in [6.45, 7) is 0. The maximum Gasteiger partial charge on any atom is 0.216 e. The van der Waals surface area contributed by atoms with Gasteiger partial charge in [0.25, 0.3) is 0 Å². The third-order valence-corrected chi connectivity index (χ3v) is 4.35. The minimum Gasteiger partial charge on any atom is -0.508 e. The topological polar surface area (TPSA) is 55.2 Å². The molecule has 0 amide bonds. The normalized spacial score (nSPS) is 10.6. The van der Waals surface area contributed by atoms with Crippen LogP contribution in [-0.2, 0) is 5.75 Å². The maximum absolute atomic E-state index is 14.2. The first kappa shape index (κ1) is 14.9. The summed E-state index contributed by atoms with van der Waals surface area (Å²) in [6, 6.07) is 4.24. The van der Waals surface area contributed by atoms with Crippen LogP contribution in [0.25, 0.3) is 11.3 Å². The van der Waals surface area contributed by atoms with Gasteiger partial charge in [0.05, 0.1) is 12.8 Å². The third kappa shape index (κ3) is 3.34. The zero-order chi connectivity index (χ0) is 14.5.